The Bertz CT molecular complexity index is 1060. The third kappa shape index (κ3) is 7.25. The maximum absolute atomic E-state index is 12.9. The van der Waals surface area contributed by atoms with Crippen LogP contribution in [0.3, 0.4) is 0 Å². The van der Waals surface area contributed by atoms with Crippen LogP contribution in [0.15, 0.2) is 72.8 Å². The average molecular weight is 476 g/mol. The van der Waals surface area contributed by atoms with Gasteiger partial charge in [-0.1, -0.05) is 55.5 Å². The highest BCUT2D eigenvalue weighted by Crippen LogP contribution is 2.31. The van der Waals surface area contributed by atoms with Gasteiger partial charge in [0.05, 0.1) is 20.3 Å². The van der Waals surface area contributed by atoms with Crippen LogP contribution in [0, 0.1) is 0 Å². The number of carbonyl (C=O) groups is 1. The molecule has 0 aromatic heterocycles. The maximum Gasteiger partial charge on any atom is 0.222 e. The molecule has 1 amide bonds. The van der Waals surface area contributed by atoms with Gasteiger partial charge in [0.25, 0.3) is 0 Å². The van der Waals surface area contributed by atoms with E-state index < -0.39 is 0 Å². The summed E-state index contributed by atoms with van der Waals surface area (Å²) < 4.78 is 16.6. The molecule has 0 spiro atoms. The molecule has 1 atom stereocenters. The summed E-state index contributed by atoms with van der Waals surface area (Å²) in [6.07, 6.45) is 1.41. The van der Waals surface area contributed by atoms with E-state index in [4.69, 9.17) is 14.2 Å². The van der Waals surface area contributed by atoms with Gasteiger partial charge in [-0.2, -0.15) is 0 Å². The molecular formula is C30H37NO4. The normalized spacial score (nSPS) is 11.7. The number of benzene rings is 3. The molecule has 0 bridgehead atoms. The van der Waals surface area contributed by atoms with Gasteiger partial charge >= 0.3 is 0 Å². The second-order valence-corrected chi connectivity index (χ2v) is 8.85. The molecular weight excluding hydrogens is 438 g/mol. The van der Waals surface area contributed by atoms with Crippen molar-refractivity contribution in [3.63, 3.8) is 0 Å². The summed E-state index contributed by atoms with van der Waals surface area (Å²) in [7, 11) is 3.24. The van der Waals surface area contributed by atoms with Crippen molar-refractivity contribution in [3.8, 4) is 17.2 Å². The van der Waals surface area contributed by atoms with Crippen LogP contribution >= 0.6 is 0 Å². The molecule has 0 fully saturated rings. The van der Waals surface area contributed by atoms with Gasteiger partial charge in [0.2, 0.25) is 5.91 Å². The largest absolute Gasteiger partial charge is 0.493 e. The first-order chi connectivity index (χ1) is 16.9. The minimum absolute atomic E-state index is 0.132. The van der Waals surface area contributed by atoms with Gasteiger partial charge in [-0.15, -0.1) is 0 Å². The van der Waals surface area contributed by atoms with E-state index in [0.717, 1.165) is 17.7 Å². The van der Waals surface area contributed by atoms with Crippen molar-refractivity contribution in [2.45, 2.75) is 52.2 Å². The number of rotatable bonds is 12. The Morgan fingerprint density at radius 1 is 0.857 bits per heavy atom. The number of amides is 1. The predicted octanol–water partition coefficient (Wildman–Crippen LogP) is 6.45. The van der Waals surface area contributed by atoms with Crippen LogP contribution < -0.4 is 14.2 Å². The zero-order valence-corrected chi connectivity index (χ0v) is 21.5. The van der Waals surface area contributed by atoms with Crippen molar-refractivity contribution in [2.75, 3.05) is 20.8 Å². The first-order valence-electron chi connectivity index (χ1n) is 12.2. The molecule has 0 heterocycles. The molecule has 0 saturated heterocycles. The molecule has 0 saturated carbocycles. The number of carbonyl (C=O) groups excluding carboxylic acids is 1. The van der Waals surface area contributed by atoms with Crippen LogP contribution in [-0.4, -0.2) is 37.7 Å². The second kappa shape index (κ2) is 12.8. The van der Waals surface area contributed by atoms with Crippen molar-refractivity contribution in [2.24, 2.45) is 0 Å². The molecule has 0 radical (unpaired) electrons. The molecule has 0 aliphatic rings. The van der Waals surface area contributed by atoms with Crippen molar-refractivity contribution < 1.29 is 19.0 Å². The van der Waals surface area contributed by atoms with Crippen molar-refractivity contribution in [3.05, 3.63) is 89.5 Å². The maximum atomic E-state index is 12.9. The summed E-state index contributed by atoms with van der Waals surface area (Å²) in [4.78, 5) is 14.8. The first-order valence-corrected chi connectivity index (χ1v) is 12.2. The fourth-order valence-electron chi connectivity index (χ4n) is 4.26. The summed E-state index contributed by atoms with van der Waals surface area (Å²) in [5.41, 5.74) is 3.46. The smallest absolute Gasteiger partial charge is 0.222 e. The number of hydrogen-bond acceptors (Lipinski definition) is 4. The van der Waals surface area contributed by atoms with Crippen LogP contribution in [0.1, 0.15) is 56.2 Å². The van der Waals surface area contributed by atoms with Gasteiger partial charge in [0.15, 0.2) is 11.5 Å². The summed E-state index contributed by atoms with van der Waals surface area (Å²) >= 11 is 0. The SMILES string of the molecule is CCC(=O)N(CC[C@H](c1ccccc1)c1ccc(OC(C)C)cc1)Cc1ccc(OC)c(OC)c1. The summed E-state index contributed by atoms with van der Waals surface area (Å²) in [6, 6.07) is 24.6. The highest BCUT2D eigenvalue weighted by Gasteiger charge is 2.19. The quantitative estimate of drug-likeness (QED) is 0.302. The molecule has 3 rings (SSSR count). The Labute approximate surface area is 209 Å². The minimum atomic E-state index is 0.132. The molecule has 0 aliphatic carbocycles. The number of hydrogen-bond donors (Lipinski definition) is 0. The van der Waals surface area contributed by atoms with Gasteiger partial charge in [0.1, 0.15) is 5.75 Å². The fourth-order valence-corrected chi connectivity index (χ4v) is 4.26. The Morgan fingerprint density at radius 3 is 2.11 bits per heavy atom. The van der Waals surface area contributed by atoms with Crippen molar-refractivity contribution in [1.82, 2.24) is 4.90 Å². The predicted molar refractivity (Wildman–Crippen MR) is 140 cm³/mol. The molecule has 3 aromatic rings. The Morgan fingerprint density at radius 2 is 1.51 bits per heavy atom. The topological polar surface area (TPSA) is 48.0 Å². The van der Waals surface area contributed by atoms with Gasteiger partial charge < -0.3 is 19.1 Å². The average Bonchev–Trinajstić information content (AvgIpc) is 2.88. The molecule has 35 heavy (non-hydrogen) atoms. The van der Waals surface area contributed by atoms with Crippen LogP contribution in [0.4, 0.5) is 0 Å². The zero-order chi connectivity index (χ0) is 25.2. The zero-order valence-electron chi connectivity index (χ0n) is 21.5. The number of ether oxygens (including phenoxy) is 3. The molecule has 0 unspecified atom stereocenters. The van der Waals surface area contributed by atoms with Crippen LogP contribution in [0.2, 0.25) is 0 Å². The van der Waals surface area contributed by atoms with E-state index in [-0.39, 0.29) is 17.9 Å². The summed E-state index contributed by atoms with van der Waals surface area (Å²) in [5, 5.41) is 0. The minimum Gasteiger partial charge on any atom is -0.493 e. The van der Waals surface area contributed by atoms with Crippen molar-refractivity contribution >= 4 is 5.91 Å². The third-order valence-corrected chi connectivity index (χ3v) is 6.02. The van der Waals surface area contributed by atoms with Gasteiger partial charge in [0, 0.05) is 25.4 Å². The van der Waals surface area contributed by atoms with Gasteiger partial charge in [-0.25, -0.2) is 0 Å². The lowest BCUT2D eigenvalue weighted by Gasteiger charge is -2.26. The van der Waals surface area contributed by atoms with Crippen LogP contribution in [0.25, 0.3) is 0 Å². The van der Waals surface area contributed by atoms with Gasteiger partial charge in [-0.05, 0) is 61.2 Å². The van der Waals surface area contributed by atoms with E-state index in [1.54, 1.807) is 14.2 Å². The fraction of sp³-hybridized carbons (Fsp3) is 0.367. The molecule has 186 valence electrons. The highest BCUT2D eigenvalue weighted by atomic mass is 16.5. The monoisotopic (exact) mass is 475 g/mol. The Hall–Kier alpha value is -3.47. The van der Waals surface area contributed by atoms with Crippen LogP contribution in [0.5, 0.6) is 17.2 Å². The lowest BCUT2D eigenvalue weighted by molar-refractivity contribution is -0.131. The first kappa shape index (κ1) is 26.1. The Kier molecular flexibility index (Phi) is 9.59. The molecule has 0 aliphatic heterocycles. The molecule has 0 N–H and O–H groups in total. The lowest BCUT2D eigenvalue weighted by Crippen LogP contribution is -2.31. The van der Waals surface area contributed by atoms with E-state index in [0.29, 0.717) is 31.0 Å². The molecule has 5 heteroatoms. The Balaban J connectivity index is 1.82. The van der Waals surface area contributed by atoms with E-state index >= 15 is 0 Å². The van der Waals surface area contributed by atoms with E-state index in [2.05, 4.69) is 36.4 Å². The summed E-state index contributed by atoms with van der Waals surface area (Å²) in [5.74, 6) is 2.51. The van der Waals surface area contributed by atoms with E-state index in [9.17, 15) is 4.79 Å². The molecule has 3 aromatic carbocycles. The third-order valence-electron chi connectivity index (χ3n) is 6.02. The van der Waals surface area contributed by atoms with Gasteiger partial charge in [-0.3, -0.25) is 4.79 Å². The number of nitrogens with zero attached hydrogens (tertiary/aromatic N) is 1. The van der Waals surface area contributed by atoms with E-state index in [1.165, 1.54) is 11.1 Å². The van der Waals surface area contributed by atoms with Crippen LogP contribution in [-0.2, 0) is 11.3 Å². The molecule has 5 nitrogen and oxygen atoms in total. The second-order valence-electron chi connectivity index (χ2n) is 8.85. The van der Waals surface area contributed by atoms with E-state index in [1.807, 2.05) is 62.1 Å². The highest BCUT2D eigenvalue weighted by molar-refractivity contribution is 5.75. The summed E-state index contributed by atoms with van der Waals surface area (Å²) in [6.45, 7) is 7.13. The standard InChI is InChI=1S/C30H37NO4/c1-6-30(32)31(21-23-12-17-28(33-4)29(20-23)34-5)19-18-27(24-10-8-7-9-11-24)25-13-15-26(16-14-25)35-22(2)3/h7-17,20,22,27H,6,18-19,21H2,1-5H3/t27-/m1/s1. The van der Waals surface area contributed by atoms with Crippen molar-refractivity contribution in [1.29, 1.82) is 0 Å². The number of methoxy groups -OCH3 is 2. The lowest BCUT2D eigenvalue weighted by atomic mass is 9.88.